The van der Waals surface area contributed by atoms with Crippen molar-refractivity contribution in [3.8, 4) is 0 Å². The van der Waals surface area contributed by atoms with Crippen LogP contribution in [0.3, 0.4) is 0 Å². The zero-order valence-electron chi connectivity index (χ0n) is 5.55. The molecular formula is C6H12N2O. The van der Waals surface area contributed by atoms with Gasteiger partial charge in [0.15, 0.2) is 0 Å². The maximum Gasteiger partial charge on any atom is 0.138 e. The van der Waals surface area contributed by atoms with Gasteiger partial charge in [0.1, 0.15) is 6.29 Å². The predicted octanol–water partition coefficient (Wildman–Crippen LogP) is -0.865. The highest BCUT2D eigenvalue weighted by Crippen LogP contribution is 1.92. The molecule has 1 saturated heterocycles. The number of hydrogen-bond donors (Lipinski definition) is 2. The molecule has 1 unspecified atom stereocenters. The van der Waals surface area contributed by atoms with Crippen LogP contribution in [0, 0.1) is 0 Å². The first-order valence-corrected chi connectivity index (χ1v) is 3.26. The Hall–Kier alpha value is -0.410. The van der Waals surface area contributed by atoms with Gasteiger partial charge in [0.25, 0.3) is 0 Å². The fourth-order valence-electron chi connectivity index (χ4n) is 1.01. The van der Waals surface area contributed by atoms with Gasteiger partial charge in [-0.3, -0.25) is 0 Å². The van der Waals surface area contributed by atoms with E-state index < -0.39 is 0 Å². The van der Waals surface area contributed by atoms with Gasteiger partial charge < -0.3 is 15.4 Å². The molecule has 0 saturated carbocycles. The summed E-state index contributed by atoms with van der Waals surface area (Å²) in [5.74, 6) is 0. The van der Waals surface area contributed by atoms with E-state index in [0.717, 1.165) is 19.4 Å². The van der Waals surface area contributed by atoms with Crippen LogP contribution in [0.25, 0.3) is 0 Å². The van der Waals surface area contributed by atoms with E-state index in [9.17, 15) is 4.79 Å². The monoisotopic (exact) mass is 128 g/mol. The topological polar surface area (TPSA) is 41.1 Å². The maximum atomic E-state index is 10.3. The fraction of sp³-hybridized carbons (Fsp3) is 0.833. The van der Waals surface area contributed by atoms with Crippen molar-refractivity contribution in [3.05, 3.63) is 0 Å². The molecule has 0 bridgehead atoms. The Morgan fingerprint density at radius 3 is 2.56 bits per heavy atom. The van der Waals surface area contributed by atoms with Crippen molar-refractivity contribution in [2.75, 3.05) is 13.1 Å². The van der Waals surface area contributed by atoms with Gasteiger partial charge in [-0.05, 0) is 6.92 Å². The minimum Gasteiger partial charge on any atom is -0.311 e. The molecule has 0 aromatic heterocycles. The molecular weight excluding hydrogens is 116 g/mol. The smallest absolute Gasteiger partial charge is 0.138 e. The van der Waals surface area contributed by atoms with E-state index in [-0.39, 0.29) is 12.1 Å². The van der Waals surface area contributed by atoms with E-state index >= 15 is 0 Å². The summed E-state index contributed by atoms with van der Waals surface area (Å²) in [5, 5.41) is 6.28. The fourth-order valence-corrected chi connectivity index (χ4v) is 1.01. The van der Waals surface area contributed by atoms with Crippen molar-refractivity contribution in [2.45, 2.75) is 19.0 Å². The SMILES string of the molecule is C[C@@H]1NCCNC1C=O. The van der Waals surface area contributed by atoms with Gasteiger partial charge >= 0.3 is 0 Å². The lowest BCUT2D eigenvalue weighted by Gasteiger charge is -2.26. The lowest BCUT2D eigenvalue weighted by atomic mass is 10.1. The van der Waals surface area contributed by atoms with Crippen molar-refractivity contribution in [1.29, 1.82) is 0 Å². The molecule has 2 N–H and O–H groups in total. The van der Waals surface area contributed by atoms with Crippen molar-refractivity contribution >= 4 is 6.29 Å². The number of piperazine rings is 1. The highest BCUT2D eigenvalue weighted by atomic mass is 16.1. The van der Waals surface area contributed by atoms with E-state index in [2.05, 4.69) is 10.6 Å². The Bertz CT molecular complexity index is 105. The van der Waals surface area contributed by atoms with Gasteiger partial charge in [-0.15, -0.1) is 0 Å². The quantitative estimate of drug-likeness (QED) is 0.451. The first-order valence-electron chi connectivity index (χ1n) is 3.26. The normalized spacial score (nSPS) is 36.1. The third-order valence-corrected chi connectivity index (χ3v) is 1.66. The van der Waals surface area contributed by atoms with Crippen LogP contribution in [-0.4, -0.2) is 31.5 Å². The molecule has 0 radical (unpaired) electrons. The molecule has 0 aliphatic carbocycles. The minimum absolute atomic E-state index is 0.0127. The van der Waals surface area contributed by atoms with Crippen LogP contribution in [-0.2, 0) is 4.79 Å². The predicted molar refractivity (Wildman–Crippen MR) is 35.3 cm³/mol. The second-order valence-corrected chi connectivity index (χ2v) is 2.36. The molecule has 0 aromatic carbocycles. The largest absolute Gasteiger partial charge is 0.311 e. The summed E-state index contributed by atoms with van der Waals surface area (Å²) in [4.78, 5) is 10.3. The van der Waals surface area contributed by atoms with Crippen LogP contribution in [0.1, 0.15) is 6.92 Å². The molecule has 1 aliphatic rings. The number of carbonyl (C=O) groups is 1. The Labute approximate surface area is 54.8 Å². The van der Waals surface area contributed by atoms with Gasteiger partial charge in [0.2, 0.25) is 0 Å². The van der Waals surface area contributed by atoms with Crippen LogP contribution >= 0.6 is 0 Å². The highest BCUT2D eigenvalue weighted by molar-refractivity contribution is 5.59. The molecule has 52 valence electrons. The van der Waals surface area contributed by atoms with E-state index in [1.54, 1.807) is 0 Å². The van der Waals surface area contributed by atoms with Crippen molar-refractivity contribution in [2.24, 2.45) is 0 Å². The average Bonchev–Trinajstić information content (AvgIpc) is 1.89. The maximum absolute atomic E-state index is 10.3. The van der Waals surface area contributed by atoms with Gasteiger partial charge in [-0.25, -0.2) is 0 Å². The number of carbonyl (C=O) groups excluding carboxylic acids is 1. The lowest BCUT2D eigenvalue weighted by molar-refractivity contribution is -0.110. The molecule has 0 amide bonds. The van der Waals surface area contributed by atoms with Crippen LogP contribution in [0.4, 0.5) is 0 Å². The summed E-state index contributed by atoms with van der Waals surface area (Å²) in [6.07, 6.45) is 0.955. The summed E-state index contributed by atoms with van der Waals surface area (Å²) in [6, 6.07) is 0.301. The molecule has 2 atom stereocenters. The second kappa shape index (κ2) is 2.94. The van der Waals surface area contributed by atoms with Crippen molar-refractivity contribution in [1.82, 2.24) is 10.6 Å². The standard InChI is InChI=1S/C6H12N2O/c1-5-6(4-9)8-3-2-7-5/h4-8H,2-3H2,1H3/t5-,6?/m0/s1. The number of aldehydes is 1. The van der Waals surface area contributed by atoms with Gasteiger partial charge in [-0.1, -0.05) is 0 Å². The number of hydrogen-bond acceptors (Lipinski definition) is 3. The Morgan fingerprint density at radius 1 is 1.44 bits per heavy atom. The number of rotatable bonds is 1. The summed E-state index contributed by atoms with van der Waals surface area (Å²) >= 11 is 0. The van der Waals surface area contributed by atoms with E-state index in [1.807, 2.05) is 6.92 Å². The van der Waals surface area contributed by atoms with Crippen molar-refractivity contribution < 1.29 is 4.79 Å². The van der Waals surface area contributed by atoms with E-state index in [1.165, 1.54) is 0 Å². The first-order chi connectivity index (χ1) is 4.34. The molecule has 0 spiro atoms. The van der Waals surface area contributed by atoms with Gasteiger partial charge in [-0.2, -0.15) is 0 Å². The van der Waals surface area contributed by atoms with Crippen LogP contribution in [0.5, 0.6) is 0 Å². The Balaban J connectivity index is 2.38. The number of nitrogens with one attached hydrogen (secondary N) is 2. The minimum atomic E-state index is 0.0127. The molecule has 0 aromatic rings. The summed E-state index contributed by atoms with van der Waals surface area (Å²) < 4.78 is 0. The molecule has 1 heterocycles. The summed E-state index contributed by atoms with van der Waals surface area (Å²) in [5.41, 5.74) is 0. The Kier molecular flexibility index (Phi) is 2.19. The van der Waals surface area contributed by atoms with Crippen LogP contribution in [0.2, 0.25) is 0 Å². The third-order valence-electron chi connectivity index (χ3n) is 1.66. The first kappa shape index (κ1) is 6.71. The van der Waals surface area contributed by atoms with E-state index in [4.69, 9.17) is 0 Å². The molecule has 3 nitrogen and oxygen atoms in total. The third kappa shape index (κ3) is 1.50. The summed E-state index contributed by atoms with van der Waals surface area (Å²) in [7, 11) is 0. The molecule has 3 heteroatoms. The van der Waals surface area contributed by atoms with E-state index in [0.29, 0.717) is 0 Å². The molecule has 9 heavy (non-hydrogen) atoms. The average molecular weight is 128 g/mol. The van der Waals surface area contributed by atoms with Gasteiger partial charge in [0.05, 0.1) is 6.04 Å². The lowest BCUT2D eigenvalue weighted by Crippen LogP contribution is -2.55. The Morgan fingerprint density at radius 2 is 2.11 bits per heavy atom. The van der Waals surface area contributed by atoms with Crippen LogP contribution < -0.4 is 10.6 Å². The van der Waals surface area contributed by atoms with Crippen molar-refractivity contribution in [3.63, 3.8) is 0 Å². The molecule has 1 aliphatic heterocycles. The second-order valence-electron chi connectivity index (χ2n) is 2.36. The molecule has 1 fully saturated rings. The zero-order valence-corrected chi connectivity index (χ0v) is 5.55. The van der Waals surface area contributed by atoms with Gasteiger partial charge in [0, 0.05) is 19.1 Å². The summed E-state index contributed by atoms with van der Waals surface area (Å²) in [6.45, 7) is 3.87. The molecule has 1 rings (SSSR count). The zero-order chi connectivity index (χ0) is 6.69. The highest BCUT2D eigenvalue weighted by Gasteiger charge is 2.18. The van der Waals surface area contributed by atoms with Crippen LogP contribution in [0.15, 0.2) is 0 Å².